The number of hydrogen-bond acceptors (Lipinski definition) is 1. The van der Waals surface area contributed by atoms with Crippen molar-refractivity contribution in [3.8, 4) is 0 Å². The molecule has 1 heterocycles. The monoisotopic (exact) mass is 563 g/mol. The second kappa shape index (κ2) is 13.3. The van der Waals surface area contributed by atoms with Crippen LogP contribution in [0, 0.1) is 50.0 Å². The maximum atomic E-state index is 4.49. The Labute approximate surface area is 222 Å². The van der Waals surface area contributed by atoms with Crippen molar-refractivity contribution in [2.75, 3.05) is 4.90 Å². The first-order chi connectivity index (χ1) is 15.4. The molecule has 0 amide bonds. The SMILES string of the molecule is CC(C)c1cccc(C(C)C)c1N1[C]C2(C[C@@H](C)CC[C@@H]2C(C)C)CC1(C)C.[CH2][CH][CH2].[Cl][Pd+]. The van der Waals surface area contributed by atoms with Crippen LogP contribution in [0.25, 0.3) is 0 Å². The summed E-state index contributed by atoms with van der Waals surface area (Å²) in [5.41, 5.74) is 4.75. The minimum atomic E-state index is 0.110. The summed E-state index contributed by atoms with van der Waals surface area (Å²) >= 11 is 2.22. The van der Waals surface area contributed by atoms with Gasteiger partial charge in [0.2, 0.25) is 0 Å². The number of anilines is 1. The second-order valence-corrected chi connectivity index (χ2v) is 11.7. The van der Waals surface area contributed by atoms with E-state index < -0.39 is 0 Å². The molecule has 1 unspecified atom stereocenters. The van der Waals surface area contributed by atoms with Gasteiger partial charge in [-0.2, -0.15) is 0 Å². The molecule has 3 rings (SSSR count). The van der Waals surface area contributed by atoms with Gasteiger partial charge in [-0.15, -0.1) is 0 Å². The van der Waals surface area contributed by atoms with Crippen molar-refractivity contribution in [1.82, 2.24) is 0 Å². The van der Waals surface area contributed by atoms with Crippen molar-refractivity contribution in [2.24, 2.45) is 23.2 Å². The van der Waals surface area contributed by atoms with Crippen molar-refractivity contribution in [3.63, 3.8) is 0 Å². The molecule has 1 spiro atoms. The van der Waals surface area contributed by atoms with Gasteiger partial charge in [0.25, 0.3) is 0 Å². The van der Waals surface area contributed by atoms with E-state index in [0.717, 1.165) is 17.8 Å². The molecular formula is C30H48ClNPd+. The summed E-state index contributed by atoms with van der Waals surface area (Å²) in [6.07, 6.45) is 6.78. The molecule has 1 aromatic carbocycles. The minimum absolute atomic E-state index is 0.110. The zero-order valence-corrected chi connectivity index (χ0v) is 24.9. The van der Waals surface area contributed by atoms with Gasteiger partial charge in [-0.25, -0.2) is 0 Å². The summed E-state index contributed by atoms with van der Waals surface area (Å²) in [4.78, 5) is 2.60. The quantitative estimate of drug-likeness (QED) is 0.329. The van der Waals surface area contributed by atoms with Crippen molar-refractivity contribution in [1.29, 1.82) is 0 Å². The van der Waals surface area contributed by atoms with Crippen LogP contribution in [0.15, 0.2) is 18.2 Å². The zero-order valence-electron chi connectivity index (χ0n) is 22.6. The third kappa shape index (κ3) is 7.24. The van der Waals surface area contributed by atoms with Crippen molar-refractivity contribution in [3.05, 3.63) is 56.1 Å². The van der Waals surface area contributed by atoms with Crippen LogP contribution in [0.4, 0.5) is 5.69 Å². The van der Waals surface area contributed by atoms with Gasteiger partial charge in [-0.3, -0.25) is 0 Å². The van der Waals surface area contributed by atoms with Crippen LogP contribution in [-0.4, -0.2) is 5.54 Å². The molecule has 3 heteroatoms. The normalized spacial score (nSPS) is 26.4. The standard InChI is InChI=1S/C27H43N.C3H5.ClH.Pd/c1-18(2)22-11-10-12-23(19(3)4)25(22)28-17-27(16-26(28,8)9)15-21(7)13-14-24(27)20(5)6;1-3-2;;/h10-12,18-21,24H,13-16H2,1-9H3;3H,1-2H2;1H;/q;;;+2/p-1/t21-,24+,27?;;;/m0.../s1. The third-order valence-corrected chi connectivity index (χ3v) is 7.45. The zero-order chi connectivity index (χ0) is 25.6. The number of benzene rings is 1. The molecule has 1 aliphatic carbocycles. The van der Waals surface area contributed by atoms with Crippen LogP contribution >= 0.6 is 9.53 Å². The molecule has 1 aromatic rings. The van der Waals surface area contributed by atoms with E-state index >= 15 is 0 Å². The van der Waals surface area contributed by atoms with Crippen LogP contribution in [0.1, 0.15) is 111 Å². The number of rotatable bonds is 4. The van der Waals surface area contributed by atoms with Crippen molar-refractivity contribution >= 4 is 15.2 Å². The van der Waals surface area contributed by atoms with E-state index in [-0.39, 0.29) is 11.0 Å². The Hall–Kier alpha value is -0.0277. The molecule has 189 valence electrons. The molecular weight excluding hydrogens is 516 g/mol. The molecule has 1 saturated carbocycles. The van der Waals surface area contributed by atoms with E-state index in [1.807, 2.05) is 0 Å². The summed E-state index contributed by atoms with van der Waals surface area (Å²) in [5.74, 6) is 3.33. The van der Waals surface area contributed by atoms with E-state index in [2.05, 4.69) is 134 Å². The Morgan fingerprint density at radius 2 is 1.52 bits per heavy atom. The predicted molar refractivity (Wildman–Crippen MR) is 144 cm³/mol. The van der Waals surface area contributed by atoms with Gasteiger partial charge >= 0.3 is 27.7 Å². The Kier molecular flexibility index (Phi) is 12.5. The van der Waals surface area contributed by atoms with Crippen LogP contribution in [-0.2, 0) is 18.2 Å². The fourth-order valence-electron chi connectivity index (χ4n) is 6.31. The number of halogens is 1. The van der Waals surface area contributed by atoms with Crippen LogP contribution in [0.5, 0.6) is 0 Å². The van der Waals surface area contributed by atoms with Gasteiger partial charge in [0.05, 0.1) is 6.54 Å². The Morgan fingerprint density at radius 1 is 1.03 bits per heavy atom. The molecule has 0 N–H and O–H groups in total. The molecule has 1 saturated heterocycles. The summed E-state index contributed by atoms with van der Waals surface area (Å²) < 4.78 is 0. The van der Waals surface area contributed by atoms with E-state index in [0.29, 0.717) is 11.8 Å². The Morgan fingerprint density at radius 3 is 1.94 bits per heavy atom. The fourth-order valence-corrected chi connectivity index (χ4v) is 6.31. The van der Waals surface area contributed by atoms with Crippen molar-refractivity contribution in [2.45, 2.75) is 105 Å². The molecule has 2 fully saturated rings. The molecule has 3 atom stereocenters. The number of para-hydroxylation sites is 1. The van der Waals surface area contributed by atoms with Gasteiger partial charge in [-0.1, -0.05) is 73.1 Å². The summed E-state index contributed by atoms with van der Waals surface area (Å²) in [7, 11) is 4.49. The Bertz CT molecular complexity index is 685. The fraction of sp³-hybridized carbons (Fsp3) is 0.667. The van der Waals surface area contributed by atoms with E-state index in [1.165, 1.54) is 48.9 Å². The summed E-state index contributed by atoms with van der Waals surface area (Å²) in [6, 6.07) is 6.95. The molecule has 0 aromatic heterocycles. The van der Waals surface area contributed by atoms with E-state index in [9.17, 15) is 0 Å². The van der Waals surface area contributed by atoms with Crippen LogP contribution in [0.3, 0.4) is 0 Å². The predicted octanol–water partition coefficient (Wildman–Crippen LogP) is 9.59. The topological polar surface area (TPSA) is 3.24 Å². The summed E-state index contributed by atoms with van der Waals surface area (Å²) in [6.45, 7) is 32.3. The molecule has 33 heavy (non-hydrogen) atoms. The van der Waals surface area contributed by atoms with E-state index in [1.54, 1.807) is 0 Å². The van der Waals surface area contributed by atoms with Gasteiger partial charge in [-0.05, 0) is 94.1 Å². The Balaban J connectivity index is 0.00000101. The van der Waals surface area contributed by atoms with Crippen LogP contribution < -0.4 is 4.90 Å². The average Bonchev–Trinajstić information content (AvgIpc) is 2.98. The maximum absolute atomic E-state index is 4.49. The van der Waals surface area contributed by atoms with Gasteiger partial charge in [0, 0.05) is 16.6 Å². The first-order valence-corrected chi connectivity index (χ1v) is 14.6. The van der Waals surface area contributed by atoms with Gasteiger partial charge in [0.1, 0.15) is 0 Å². The van der Waals surface area contributed by atoms with Crippen molar-refractivity contribution < 1.29 is 18.2 Å². The second-order valence-electron chi connectivity index (χ2n) is 11.7. The molecule has 2 aliphatic rings. The third-order valence-electron chi connectivity index (χ3n) is 7.45. The van der Waals surface area contributed by atoms with Crippen LogP contribution in [0.2, 0.25) is 0 Å². The van der Waals surface area contributed by atoms with Gasteiger partial charge in [0.15, 0.2) is 0 Å². The first kappa shape index (κ1) is 31.0. The average molecular weight is 565 g/mol. The number of nitrogens with zero attached hydrogens (tertiary/aromatic N) is 1. The molecule has 1 aliphatic heterocycles. The van der Waals surface area contributed by atoms with Gasteiger partial charge < -0.3 is 4.90 Å². The number of hydrogen-bond donors (Lipinski definition) is 0. The summed E-state index contributed by atoms with van der Waals surface area (Å²) in [5, 5.41) is 0. The van der Waals surface area contributed by atoms with E-state index in [4.69, 9.17) is 0 Å². The molecule has 0 bridgehead atoms. The molecule has 1 nitrogen and oxygen atoms in total. The first-order valence-electron chi connectivity index (χ1n) is 12.6. The molecule has 5 radical (unpaired) electrons.